The van der Waals surface area contributed by atoms with E-state index in [1.807, 2.05) is 18.7 Å². The number of ether oxygens (including phenoxy) is 1. The zero-order valence-corrected chi connectivity index (χ0v) is 11.7. The Morgan fingerprint density at radius 2 is 2.17 bits per heavy atom. The SMILES string of the molecule is CC1(C)CN(C(=O)CC(C)(O)C2CC2)CCCO1. The van der Waals surface area contributed by atoms with Crippen LogP contribution in [0.25, 0.3) is 0 Å². The Labute approximate surface area is 109 Å². The number of hydrogen-bond acceptors (Lipinski definition) is 3. The zero-order chi connectivity index (χ0) is 13.4. The van der Waals surface area contributed by atoms with Gasteiger partial charge in [0.2, 0.25) is 5.91 Å². The van der Waals surface area contributed by atoms with Crippen LogP contribution in [0.5, 0.6) is 0 Å². The molecule has 2 rings (SSSR count). The van der Waals surface area contributed by atoms with Gasteiger partial charge in [-0.15, -0.1) is 0 Å². The van der Waals surface area contributed by atoms with Crippen LogP contribution < -0.4 is 0 Å². The van der Waals surface area contributed by atoms with Gasteiger partial charge in [0.05, 0.1) is 17.6 Å². The van der Waals surface area contributed by atoms with E-state index in [0.29, 0.717) is 19.1 Å². The third-order valence-electron chi connectivity index (χ3n) is 3.96. The molecular weight excluding hydrogens is 230 g/mol. The van der Waals surface area contributed by atoms with E-state index in [0.717, 1.165) is 25.8 Å². The van der Waals surface area contributed by atoms with Crippen LogP contribution >= 0.6 is 0 Å². The molecule has 1 N–H and O–H groups in total. The molecule has 18 heavy (non-hydrogen) atoms. The molecule has 0 radical (unpaired) electrons. The van der Waals surface area contributed by atoms with Crippen molar-refractivity contribution in [2.24, 2.45) is 5.92 Å². The molecule has 0 aromatic rings. The molecule has 2 aliphatic rings. The van der Waals surface area contributed by atoms with Crippen LogP contribution in [0.3, 0.4) is 0 Å². The molecule has 1 saturated carbocycles. The van der Waals surface area contributed by atoms with Crippen molar-refractivity contribution in [3.8, 4) is 0 Å². The van der Waals surface area contributed by atoms with Gasteiger partial charge >= 0.3 is 0 Å². The maximum atomic E-state index is 12.3. The summed E-state index contributed by atoms with van der Waals surface area (Å²) in [5.41, 5.74) is -1.11. The minimum Gasteiger partial charge on any atom is -0.389 e. The average Bonchev–Trinajstić information content (AvgIpc) is 3.03. The molecule has 1 heterocycles. The van der Waals surface area contributed by atoms with Crippen molar-refractivity contribution in [2.45, 2.75) is 57.7 Å². The largest absolute Gasteiger partial charge is 0.389 e. The van der Waals surface area contributed by atoms with Crippen LogP contribution in [-0.4, -0.2) is 46.8 Å². The van der Waals surface area contributed by atoms with Crippen LogP contribution in [0.1, 0.15) is 46.5 Å². The summed E-state index contributed by atoms with van der Waals surface area (Å²) in [6.07, 6.45) is 3.22. The predicted molar refractivity (Wildman–Crippen MR) is 69.2 cm³/mol. The molecule has 1 aliphatic carbocycles. The first kappa shape index (κ1) is 13.8. The Morgan fingerprint density at radius 3 is 2.78 bits per heavy atom. The van der Waals surface area contributed by atoms with Gasteiger partial charge in [-0.3, -0.25) is 4.79 Å². The van der Waals surface area contributed by atoms with Gasteiger partial charge in [-0.2, -0.15) is 0 Å². The van der Waals surface area contributed by atoms with E-state index < -0.39 is 5.60 Å². The topological polar surface area (TPSA) is 49.8 Å². The van der Waals surface area contributed by atoms with Crippen molar-refractivity contribution >= 4 is 5.91 Å². The molecule has 4 heteroatoms. The fraction of sp³-hybridized carbons (Fsp3) is 0.929. The van der Waals surface area contributed by atoms with E-state index in [1.165, 1.54) is 0 Å². The number of nitrogens with zero attached hydrogens (tertiary/aromatic N) is 1. The molecule has 1 unspecified atom stereocenters. The minimum absolute atomic E-state index is 0.0606. The average molecular weight is 255 g/mol. The third-order valence-corrected chi connectivity index (χ3v) is 3.96. The predicted octanol–water partition coefficient (Wildman–Crippen LogP) is 1.57. The molecule has 1 atom stereocenters. The monoisotopic (exact) mass is 255 g/mol. The van der Waals surface area contributed by atoms with Crippen LogP contribution in [0.15, 0.2) is 0 Å². The number of hydrogen-bond donors (Lipinski definition) is 1. The highest BCUT2D eigenvalue weighted by Gasteiger charge is 2.42. The summed E-state index contributed by atoms with van der Waals surface area (Å²) in [7, 11) is 0. The van der Waals surface area contributed by atoms with Crippen molar-refractivity contribution in [3.63, 3.8) is 0 Å². The highest BCUT2D eigenvalue weighted by atomic mass is 16.5. The Morgan fingerprint density at radius 1 is 1.50 bits per heavy atom. The molecule has 0 bridgehead atoms. The normalized spacial score (nSPS) is 27.4. The highest BCUT2D eigenvalue weighted by molar-refractivity contribution is 5.77. The summed E-state index contributed by atoms with van der Waals surface area (Å²) in [5, 5.41) is 10.3. The highest BCUT2D eigenvalue weighted by Crippen LogP contribution is 2.41. The van der Waals surface area contributed by atoms with E-state index in [1.54, 1.807) is 6.92 Å². The minimum atomic E-state index is -0.825. The van der Waals surface area contributed by atoms with Crippen molar-refractivity contribution in [2.75, 3.05) is 19.7 Å². The summed E-state index contributed by atoms with van der Waals surface area (Å²) >= 11 is 0. The summed E-state index contributed by atoms with van der Waals surface area (Å²) < 4.78 is 5.70. The quantitative estimate of drug-likeness (QED) is 0.832. The van der Waals surface area contributed by atoms with Crippen molar-refractivity contribution in [1.82, 2.24) is 4.90 Å². The van der Waals surface area contributed by atoms with Crippen molar-refractivity contribution in [3.05, 3.63) is 0 Å². The van der Waals surface area contributed by atoms with E-state index in [-0.39, 0.29) is 17.9 Å². The smallest absolute Gasteiger partial charge is 0.225 e. The number of rotatable bonds is 3. The first-order valence-electron chi connectivity index (χ1n) is 6.94. The molecule has 0 aromatic heterocycles. The number of carbonyl (C=O) groups is 1. The molecule has 4 nitrogen and oxygen atoms in total. The van der Waals surface area contributed by atoms with Gasteiger partial charge in [-0.05, 0) is 46.0 Å². The van der Waals surface area contributed by atoms with Gasteiger partial charge in [0.25, 0.3) is 0 Å². The lowest BCUT2D eigenvalue weighted by atomic mass is 9.95. The number of amides is 1. The number of carbonyl (C=O) groups excluding carboxylic acids is 1. The lowest BCUT2D eigenvalue weighted by Gasteiger charge is -2.31. The summed E-state index contributed by atoms with van der Waals surface area (Å²) in [6.45, 7) is 7.88. The van der Waals surface area contributed by atoms with Crippen LogP contribution in [0.4, 0.5) is 0 Å². The second-order valence-electron chi connectivity index (χ2n) is 6.59. The van der Waals surface area contributed by atoms with Gasteiger partial charge in [0.15, 0.2) is 0 Å². The van der Waals surface area contributed by atoms with Crippen LogP contribution in [0.2, 0.25) is 0 Å². The van der Waals surface area contributed by atoms with E-state index in [9.17, 15) is 9.90 Å². The number of aliphatic hydroxyl groups is 1. The fourth-order valence-electron chi connectivity index (χ4n) is 2.67. The van der Waals surface area contributed by atoms with Gasteiger partial charge < -0.3 is 14.7 Å². The third kappa shape index (κ3) is 3.45. The van der Waals surface area contributed by atoms with Gasteiger partial charge in [-0.1, -0.05) is 0 Å². The molecular formula is C14H25NO3. The molecule has 0 aromatic carbocycles. The van der Waals surface area contributed by atoms with Gasteiger partial charge in [0.1, 0.15) is 0 Å². The summed E-state index contributed by atoms with van der Waals surface area (Å²) in [6, 6.07) is 0. The molecule has 104 valence electrons. The van der Waals surface area contributed by atoms with Crippen LogP contribution in [0, 0.1) is 5.92 Å². The first-order chi connectivity index (χ1) is 8.30. The zero-order valence-electron chi connectivity index (χ0n) is 11.7. The van der Waals surface area contributed by atoms with Crippen molar-refractivity contribution < 1.29 is 14.6 Å². The Bertz CT molecular complexity index is 321. The lowest BCUT2D eigenvalue weighted by molar-refractivity contribution is -0.138. The second kappa shape index (κ2) is 4.82. The maximum absolute atomic E-state index is 12.3. The first-order valence-corrected chi connectivity index (χ1v) is 6.94. The molecule has 1 amide bonds. The van der Waals surface area contributed by atoms with Gasteiger partial charge in [-0.25, -0.2) is 0 Å². The Kier molecular flexibility index (Phi) is 3.70. The molecule has 0 spiro atoms. The van der Waals surface area contributed by atoms with E-state index >= 15 is 0 Å². The molecule has 1 saturated heterocycles. The van der Waals surface area contributed by atoms with Crippen LogP contribution in [-0.2, 0) is 9.53 Å². The van der Waals surface area contributed by atoms with Gasteiger partial charge in [0, 0.05) is 19.7 Å². The fourth-order valence-corrected chi connectivity index (χ4v) is 2.67. The summed E-state index contributed by atoms with van der Waals surface area (Å²) in [4.78, 5) is 14.1. The molecule has 1 aliphatic heterocycles. The second-order valence-corrected chi connectivity index (χ2v) is 6.59. The van der Waals surface area contributed by atoms with E-state index in [2.05, 4.69) is 0 Å². The summed E-state index contributed by atoms with van der Waals surface area (Å²) in [5.74, 6) is 0.378. The Hall–Kier alpha value is -0.610. The Balaban J connectivity index is 1.94. The molecule has 2 fully saturated rings. The maximum Gasteiger partial charge on any atom is 0.225 e. The van der Waals surface area contributed by atoms with E-state index in [4.69, 9.17) is 4.74 Å². The standard InChI is InChI=1S/C14H25NO3/c1-13(2)10-15(7-4-8-18-13)12(16)9-14(3,17)11-5-6-11/h11,17H,4-10H2,1-3H3. The van der Waals surface area contributed by atoms with Crippen molar-refractivity contribution in [1.29, 1.82) is 0 Å². The lowest BCUT2D eigenvalue weighted by Crippen LogP contribution is -2.44.